The van der Waals surface area contributed by atoms with Crippen molar-refractivity contribution in [3.8, 4) is 0 Å². The predicted octanol–water partition coefficient (Wildman–Crippen LogP) is 0.314. The Hall–Kier alpha value is -1.31. The maximum atomic E-state index is 10.6. The average Bonchev–Trinajstić information content (AvgIpc) is 2.54. The van der Waals surface area contributed by atoms with Gasteiger partial charge in [0, 0.05) is 6.54 Å². The highest BCUT2D eigenvalue weighted by Gasteiger charge is 2.38. The molecule has 88 valence electrons. The summed E-state index contributed by atoms with van der Waals surface area (Å²) >= 11 is 0. The lowest BCUT2D eigenvalue weighted by atomic mass is 10.1. The van der Waals surface area contributed by atoms with Crippen LogP contribution in [0.5, 0.6) is 0 Å². The summed E-state index contributed by atoms with van der Waals surface area (Å²) in [6, 6.07) is 0. The fraction of sp³-hybridized carbons (Fsp3) is 0.714. The molecule has 1 aliphatic rings. The molecular weight excluding hydrogens is 219 g/mol. The fourth-order valence-electron chi connectivity index (χ4n) is 0.865. The van der Waals surface area contributed by atoms with E-state index in [1.807, 2.05) is 0 Å². The predicted molar refractivity (Wildman–Crippen MR) is 42.3 cm³/mol. The molecule has 0 aromatic carbocycles. The van der Waals surface area contributed by atoms with E-state index in [1.165, 1.54) is 0 Å². The van der Waals surface area contributed by atoms with Gasteiger partial charge in [-0.15, -0.1) is 0 Å². The Labute approximate surface area is 82.9 Å². The minimum Gasteiger partial charge on any atom is -0.481 e. The molecular formula is C7H10F3NO4. The van der Waals surface area contributed by atoms with Crippen molar-refractivity contribution in [2.45, 2.75) is 12.6 Å². The molecule has 1 rings (SSSR count). The van der Waals surface area contributed by atoms with Crippen molar-refractivity contribution in [3.05, 3.63) is 0 Å². The van der Waals surface area contributed by atoms with Gasteiger partial charge in [-0.2, -0.15) is 13.2 Å². The van der Waals surface area contributed by atoms with Crippen LogP contribution in [0.15, 0.2) is 0 Å². The van der Waals surface area contributed by atoms with Crippen molar-refractivity contribution in [1.82, 2.24) is 5.32 Å². The second-order valence-electron chi connectivity index (χ2n) is 2.83. The van der Waals surface area contributed by atoms with E-state index in [9.17, 15) is 18.0 Å². The lowest BCUT2D eigenvalue weighted by Crippen LogP contribution is -2.21. The smallest absolute Gasteiger partial charge is 0.481 e. The Bertz CT molecular complexity index is 235. The first-order valence-electron chi connectivity index (χ1n) is 3.98. The van der Waals surface area contributed by atoms with E-state index in [1.54, 1.807) is 0 Å². The first-order valence-corrected chi connectivity index (χ1v) is 3.98. The normalized spacial score (nSPS) is 20.3. The van der Waals surface area contributed by atoms with Gasteiger partial charge in [-0.25, -0.2) is 4.79 Å². The molecule has 8 heteroatoms. The number of hydrogen-bond acceptors (Lipinski definition) is 3. The van der Waals surface area contributed by atoms with Crippen LogP contribution in [0.2, 0.25) is 0 Å². The third-order valence-corrected chi connectivity index (χ3v) is 1.65. The molecule has 1 aliphatic heterocycles. The summed E-state index contributed by atoms with van der Waals surface area (Å²) in [6.07, 6.45) is -4.30. The third-order valence-electron chi connectivity index (χ3n) is 1.65. The van der Waals surface area contributed by atoms with Crippen LogP contribution >= 0.6 is 0 Å². The van der Waals surface area contributed by atoms with Crippen LogP contribution in [0.1, 0.15) is 6.42 Å². The molecule has 0 amide bonds. The number of rotatable bonds is 1. The van der Waals surface area contributed by atoms with Crippen LogP contribution in [0.4, 0.5) is 13.2 Å². The summed E-state index contributed by atoms with van der Waals surface area (Å²) < 4.78 is 31.7. The van der Waals surface area contributed by atoms with E-state index in [-0.39, 0.29) is 5.92 Å². The van der Waals surface area contributed by atoms with Gasteiger partial charge in [0.1, 0.15) is 0 Å². The quantitative estimate of drug-likeness (QED) is 0.602. The Kier molecular flexibility index (Phi) is 5.06. The van der Waals surface area contributed by atoms with Gasteiger partial charge >= 0.3 is 18.1 Å². The van der Waals surface area contributed by atoms with Crippen molar-refractivity contribution >= 4 is 11.9 Å². The van der Waals surface area contributed by atoms with Gasteiger partial charge in [-0.3, -0.25) is 4.79 Å². The molecule has 1 atom stereocenters. The first-order chi connectivity index (χ1) is 6.75. The Morgan fingerprint density at radius 3 is 1.87 bits per heavy atom. The second kappa shape index (κ2) is 5.54. The Morgan fingerprint density at radius 1 is 1.27 bits per heavy atom. The molecule has 5 nitrogen and oxygen atoms in total. The first kappa shape index (κ1) is 13.7. The number of carbonyl (C=O) groups is 2. The van der Waals surface area contributed by atoms with Crippen molar-refractivity contribution in [2.75, 3.05) is 13.1 Å². The highest BCUT2D eigenvalue weighted by Crippen LogP contribution is 2.13. The molecule has 0 bridgehead atoms. The van der Waals surface area contributed by atoms with E-state index in [0.717, 1.165) is 13.0 Å². The van der Waals surface area contributed by atoms with E-state index in [0.29, 0.717) is 6.54 Å². The van der Waals surface area contributed by atoms with Gasteiger partial charge in [-0.1, -0.05) is 0 Å². The molecule has 3 N–H and O–H groups in total. The highest BCUT2D eigenvalue weighted by molar-refractivity contribution is 5.73. The molecule has 0 radical (unpaired) electrons. The van der Waals surface area contributed by atoms with Gasteiger partial charge in [-0.05, 0) is 13.0 Å². The summed E-state index contributed by atoms with van der Waals surface area (Å²) in [5, 5.41) is 18.5. The summed E-state index contributed by atoms with van der Waals surface area (Å²) in [6.45, 7) is 1.51. The van der Waals surface area contributed by atoms with Gasteiger partial charge in [0.25, 0.3) is 0 Å². The minimum absolute atomic E-state index is 0.130. The summed E-state index contributed by atoms with van der Waals surface area (Å²) in [5.74, 6) is -3.56. The molecule has 0 spiro atoms. The number of hydrogen-bond donors (Lipinski definition) is 3. The topological polar surface area (TPSA) is 86.6 Å². The standard InChI is InChI=1S/C5H9NO2.C2HF3O2/c7-5(8)4-1-2-6-3-4;3-2(4,5)1(6)7/h4,6H,1-3H2,(H,7,8);(H,6,7). The minimum atomic E-state index is -5.08. The molecule has 0 aliphatic carbocycles. The lowest BCUT2D eigenvalue weighted by Gasteiger charge is -1.96. The van der Waals surface area contributed by atoms with E-state index >= 15 is 0 Å². The lowest BCUT2D eigenvalue weighted by molar-refractivity contribution is -0.192. The molecule has 0 aromatic rings. The third kappa shape index (κ3) is 5.89. The number of carboxylic acid groups (broad SMARTS) is 2. The van der Waals surface area contributed by atoms with Gasteiger partial charge in [0.05, 0.1) is 5.92 Å². The zero-order valence-corrected chi connectivity index (χ0v) is 7.54. The monoisotopic (exact) mass is 229 g/mol. The second-order valence-corrected chi connectivity index (χ2v) is 2.83. The maximum Gasteiger partial charge on any atom is 0.490 e. The summed E-state index contributed by atoms with van der Waals surface area (Å²) in [7, 11) is 0. The molecule has 1 fully saturated rings. The van der Waals surface area contributed by atoms with Gasteiger partial charge in [0.15, 0.2) is 0 Å². The molecule has 0 saturated carbocycles. The molecule has 1 heterocycles. The number of carboxylic acids is 2. The van der Waals surface area contributed by atoms with Crippen molar-refractivity contribution in [1.29, 1.82) is 0 Å². The zero-order chi connectivity index (χ0) is 12.1. The molecule has 15 heavy (non-hydrogen) atoms. The maximum absolute atomic E-state index is 10.6. The summed E-state index contributed by atoms with van der Waals surface area (Å²) in [5.41, 5.74) is 0. The van der Waals surface area contributed by atoms with E-state index < -0.39 is 18.1 Å². The van der Waals surface area contributed by atoms with Crippen molar-refractivity contribution in [2.24, 2.45) is 5.92 Å². The summed E-state index contributed by atoms with van der Waals surface area (Å²) in [4.78, 5) is 19.1. The van der Waals surface area contributed by atoms with Crippen LogP contribution in [-0.4, -0.2) is 41.4 Å². The molecule has 0 aromatic heterocycles. The van der Waals surface area contributed by atoms with Crippen LogP contribution in [0.3, 0.4) is 0 Å². The average molecular weight is 229 g/mol. The SMILES string of the molecule is O=C(O)C(F)(F)F.O=C(O)C1CCNC1. The van der Waals surface area contributed by atoms with Crippen molar-refractivity contribution in [3.63, 3.8) is 0 Å². The highest BCUT2D eigenvalue weighted by atomic mass is 19.4. The van der Waals surface area contributed by atoms with Crippen LogP contribution < -0.4 is 5.32 Å². The van der Waals surface area contributed by atoms with Crippen molar-refractivity contribution < 1.29 is 33.0 Å². The van der Waals surface area contributed by atoms with E-state index in [4.69, 9.17) is 15.0 Å². The molecule has 1 saturated heterocycles. The van der Waals surface area contributed by atoms with Gasteiger partial charge in [0.2, 0.25) is 0 Å². The van der Waals surface area contributed by atoms with E-state index in [2.05, 4.69) is 5.32 Å². The van der Waals surface area contributed by atoms with Crippen LogP contribution in [-0.2, 0) is 9.59 Å². The Balaban J connectivity index is 0.000000265. The number of alkyl halides is 3. The number of halogens is 3. The number of aliphatic carboxylic acids is 2. The number of nitrogens with one attached hydrogen (secondary N) is 1. The van der Waals surface area contributed by atoms with Crippen LogP contribution in [0, 0.1) is 5.92 Å². The largest absolute Gasteiger partial charge is 0.490 e. The van der Waals surface area contributed by atoms with Gasteiger partial charge < -0.3 is 15.5 Å². The molecule has 1 unspecified atom stereocenters. The fourth-order valence-corrected chi connectivity index (χ4v) is 0.865. The Morgan fingerprint density at radius 2 is 1.73 bits per heavy atom. The van der Waals surface area contributed by atoms with Crippen LogP contribution in [0.25, 0.3) is 0 Å². The zero-order valence-electron chi connectivity index (χ0n) is 7.54.